The van der Waals surface area contributed by atoms with Crippen LogP contribution in [0.2, 0.25) is 0 Å². The van der Waals surface area contributed by atoms with Gasteiger partial charge in [-0.3, -0.25) is 19.9 Å². The van der Waals surface area contributed by atoms with E-state index < -0.39 is 6.04 Å². The first-order valence-electron chi connectivity index (χ1n) is 5.78. The van der Waals surface area contributed by atoms with E-state index in [4.69, 9.17) is 0 Å². The topological polar surface area (TPSA) is 87.2 Å². The molecule has 0 aromatic carbocycles. The highest BCUT2D eigenvalue weighted by Gasteiger charge is 2.31. The fourth-order valence-electron chi connectivity index (χ4n) is 1.75. The van der Waals surface area contributed by atoms with Crippen LogP contribution in [0, 0.1) is 0 Å². The third-order valence-electron chi connectivity index (χ3n) is 2.70. The van der Waals surface area contributed by atoms with Gasteiger partial charge in [0.05, 0.1) is 18.9 Å². The van der Waals surface area contributed by atoms with Gasteiger partial charge in [0.15, 0.2) is 5.82 Å². The number of anilines is 2. The molecular formula is C11H15N5O2. The molecule has 0 saturated carbocycles. The lowest BCUT2D eigenvalue weighted by molar-refractivity contribution is -0.132. The lowest BCUT2D eigenvalue weighted by atomic mass is 10.2. The molecule has 96 valence electrons. The summed E-state index contributed by atoms with van der Waals surface area (Å²) in [5, 5.41) is 5.32. The van der Waals surface area contributed by atoms with Gasteiger partial charge in [0.2, 0.25) is 11.8 Å². The minimum atomic E-state index is -0.436. The second-order valence-corrected chi connectivity index (χ2v) is 4.01. The quantitative estimate of drug-likeness (QED) is 0.719. The van der Waals surface area contributed by atoms with E-state index in [9.17, 15) is 9.59 Å². The molecule has 7 nitrogen and oxygen atoms in total. The first-order chi connectivity index (χ1) is 8.61. The number of rotatable bonds is 3. The van der Waals surface area contributed by atoms with Crippen LogP contribution in [0.3, 0.4) is 0 Å². The molecule has 2 N–H and O–H groups in total. The largest absolute Gasteiger partial charge is 0.369 e. The second kappa shape index (κ2) is 4.99. The van der Waals surface area contributed by atoms with E-state index in [-0.39, 0.29) is 18.4 Å². The second-order valence-electron chi connectivity index (χ2n) is 4.01. The van der Waals surface area contributed by atoms with Crippen molar-refractivity contribution in [3.63, 3.8) is 0 Å². The fourth-order valence-corrected chi connectivity index (χ4v) is 1.75. The monoisotopic (exact) mass is 249 g/mol. The van der Waals surface area contributed by atoms with Crippen LogP contribution >= 0.6 is 0 Å². The Bertz CT molecular complexity index is 476. The number of nitrogens with one attached hydrogen (secondary N) is 2. The van der Waals surface area contributed by atoms with E-state index in [1.807, 2.05) is 6.92 Å². The Hall–Kier alpha value is -2.18. The first-order valence-corrected chi connectivity index (χ1v) is 5.78. The van der Waals surface area contributed by atoms with Crippen molar-refractivity contribution >= 4 is 23.5 Å². The van der Waals surface area contributed by atoms with Gasteiger partial charge >= 0.3 is 0 Å². The third-order valence-corrected chi connectivity index (χ3v) is 2.70. The summed E-state index contributed by atoms with van der Waals surface area (Å²) in [6.07, 6.45) is 3.15. The summed E-state index contributed by atoms with van der Waals surface area (Å²) in [6.45, 7) is 4.52. The van der Waals surface area contributed by atoms with Gasteiger partial charge in [-0.15, -0.1) is 0 Å². The molecule has 1 fully saturated rings. The molecule has 1 aliphatic heterocycles. The van der Waals surface area contributed by atoms with Crippen LogP contribution in [0.15, 0.2) is 12.4 Å². The predicted octanol–water partition coefficient (Wildman–Crippen LogP) is -0.240. The van der Waals surface area contributed by atoms with Gasteiger partial charge in [0, 0.05) is 6.54 Å². The van der Waals surface area contributed by atoms with E-state index in [2.05, 4.69) is 20.6 Å². The highest BCUT2D eigenvalue weighted by atomic mass is 16.2. The first kappa shape index (κ1) is 12.3. The molecule has 7 heteroatoms. The number of aromatic nitrogens is 2. The van der Waals surface area contributed by atoms with Crippen LogP contribution in [0.5, 0.6) is 0 Å². The van der Waals surface area contributed by atoms with E-state index in [1.54, 1.807) is 24.2 Å². The van der Waals surface area contributed by atoms with Gasteiger partial charge < -0.3 is 10.2 Å². The van der Waals surface area contributed by atoms with E-state index in [0.29, 0.717) is 11.6 Å². The summed E-state index contributed by atoms with van der Waals surface area (Å²) >= 11 is 0. The Balaban J connectivity index is 2.26. The molecule has 1 saturated heterocycles. The number of hydrogen-bond donors (Lipinski definition) is 2. The van der Waals surface area contributed by atoms with Crippen molar-refractivity contribution in [1.29, 1.82) is 0 Å². The van der Waals surface area contributed by atoms with Gasteiger partial charge in [-0.05, 0) is 13.8 Å². The van der Waals surface area contributed by atoms with Gasteiger partial charge in [-0.2, -0.15) is 0 Å². The molecule has 1 atom stereocenters. The summed E-state index contributed by atoms with van der Waals surface area (Å²) < 4.78 is 0. The van der Waals surface area contributed by atoms with Gasteiger partial charge in [-0.25, -0.2) is 4.98 Å². The Morgan fingerprint density at radius 1 is 1.50 bits per heavy atom. The number of hydrogen-bond acceptors (Lipinski definition) is 6. The Kier molecular flexibility index (Phi) is 3.40. The summed E-state index contributed by atoms with van der Waals surface area (Å²) in [4.78, 5) is 33.0. The molecule has 0 aliphatic carbocycles. The Labute approximate surface area is 105 Å². The van der Waals surface area contributed by atoms with Crippen LogP contribution in [0.4, 0.5) is 11.6 Å². The number of carbonyl (C=O) groups is 2. The molecule has 1 aromatic heterocycles. The fraction of sp³-hybridized carbons (Fsp3) is 0.455. The maximum Gasteiger partial charge on any atom is 0.249 e. The van der Waals surface area contributed by atoms with Crippen molar-refractivity contribution < 1.29 is 9.59 Å². The van der Waals surface area contributed by atoms with E-state index in [1.165, 1.54) is 0 Å². The van der Waals surface area contributed by atoms with Crippen LogP contribution in [-0.2, 0) is 9.59 Å². The molecule has 0 radical (unpaired) electrons. The van der Waals surface area contributed by atoms with Crippen molar-refractivity contribution in [2.45, 2.75) is 19.9 Å². The zero-order valence-electron chi connectivity index (χ0n) is 10.3. The van der Waals surface area contributed by atoms with Crippen LogP contribution < -0.4 is 15.5 Å². The SMILES string of the molecule is CCNc1cncc(N2CC(=O)NC(=O)C2C)n1. The zero-order chi connectivity index (χ0) is 13.1. The number of imide groups is 1. The number of piperazine rings is 1. The summed E-state index contributed by atoms with van der Waals surface area (Å²) in [5.41, 5.74) is 0. The highest BCUT2D eigenvalue weighted by Crippen LogP contribution is 2.17. The molecule has 0 spiro atoms. The maximum atomic E-state index is 11.6. The van der Waals surface area contributed by atoms with E-state index >= 15 is 0 Å². The summed E-state index contributed by atoms with van der Waals surface area (Å²) in [7, 11) is 0. The predicted molar refractivity (Wildman–Crippen MR) is 66.2 cm³/mol. The number of nitrogens with zero attached hydrogens (tertiary/aromatic N) is 3. The minimum Gasteiger partial charge on any atom is -0.369 e. The van der Waals surface area contributed by atoms with Crippen molar-refractivity contribution in [3.8, 4) is 0 Å². The van der Waals surface area contributed by atoms with Crippen molar-refractivity contribution in [1.82, 2.24) is 15.3 Å². The van der Waals surface area contributed by atoms with E-state index in [0.717, 1.165) is 6.54 Å². The molecule has 1 unspecified atom stereocenters. The Morgan fingerprint density at radius 3 is 3.00 bits per heavy atom. The van der Waals surface area contributed by atoms with Crippen molar-refractivity contribution in [3.05, 3.63) is 12.4 Å². The number of amides is 2. The number of carbonyl (C=O) groups excluding carboxylic acids is 2. The zero-order valence-corrected chi connectivity index (χ0v) is 10.3. The van der Waals surface area contributed by atoms with Gasteiger partial charge in [-0.1, -0.05) is 0 Å². The minimum absolute atomic E-state index is 0.108. The average Bonchev–Trinajstić information content (AvgIpc) is 2.34. The molecule has 0 bridgehead atoms. The third kappa shape index (κ3) is 2.39. The molecular weight excluding hydrogens is 234 g/mol. The highest BCUT2D eigenvalue weighted by molar-refractivity contribution is 6.04. The molecule has 18 heavy (non-hydrogen) atoms. The molecule has 2 amide bonds. The van der Waals surface area contributed by atoms with Crippen LogP contribution in [0.1, 0.15) is 13.8 Å². The summed E-state index contributed by atoms with van der Waals surface area (Å²) in [6, 6.07) is -0.436. The van der Waals surface area contributed by atoms with Gasteiger partial charge in [0.25, 0.3) is 0 Å². The molecule has 1 aromatic rings. The normalized spacial score (nSPS) is 19.7. The molecule has 1 aliphatic rings. The maximum absolute atomic E-state index is 11.6. The molecule has 2 rings (SSSR count). The van der Waals surface area contributed by atoms with Crippen molar-refractivity contribution in [2.75, 3.05) is 23.3 Å². The molecule has 2 heterocycles. The van der Waals surface area contributed by atoms with Crippen LogP contribution in [-0.4, -0.2) is 40.9 Å². The summed E-state index contributed by atoms with van der Waals surface area (Å²) in [5.74, 6) is 0.500. The van der Waals surface area contributed by atoms with Crippen LogP contribution in [0.25, 0.3) is 0 Å². The van der Waals surface area contributed by atoms with Gasteiger partial charge in [0.1, 0.15) is 11.9 Å². The average molecular weight is 249 g/mol. The standard InChI is InChI=1S/C11H15N5O2/c1-3-13-8-4-12-5-9(14-8)16-6-10(17)15-11(18)7(16)2/h4-5,7H,3,6H2,1-2H3,(H,13,14)(H,15,17,18). The van der Waals surface area contributed by atoms with Crippen molar-refractivity contribution in [2.24, 2.45) is 0 Å². The lowest BCUT2D eigenvalue weighted by Gasteiger charge is -2.32. The smallest absolute Gasteiger partial charge is 0.249 e. The Morgan fingerprint density at radius 2 is 2.28 bits per heavy atom. The lowest BCUT2D eigenvalue weighted by Crippen LogP contribution is -2.57.